The van der Waals surface area contributed by atoms with Crippen molar-refractivity contribution in [3.8, 4) is 0 Å². The van der Waals surface area contributed by atoms with Crippen molar-refractivity contribution in [1.29, 1.82) is 0 Å². The highest BCUT2D eigenvalue weighted by Crippen LogP contribution is 2.40. The number of hydrogen-bond acceptors (Lipinski definition) is 5. The van der Waals surface area contributed by atoms with Gasteiger partial charge in [-0.1, -0.05) is 0 Å². The van der Waals surface area contributed by atoms with E-state index >= 15 is 0 Å². The van der Waals surface area contributed by atoms with Gasteiger partial charge in [0.2, 0.25) is 0 Å². The lowest BCUT2D eigenvalue weighted by Crippen LogP contribution is -2.08. The molecule has 12 heavy (non-hydrogen) atoms. The number of nitrogens with one attached hydrogen (secondary N) is 1. The van der Waals surface area contributed by atoms with E-state index in [-0.39, 0.29) is 0 Å². The van der Waals surface area contributed by atoms with Crippen molar-refractivity contribution in [2.45, 2.75) is 0 Å². The number of aliphatic carboxylic acids is 1. The van der Waals surface area contributed by atoms with Gasteiger partial charge < -0.3 is 5.11 Å². The lowest BCUT2D eigenvalue weighted by atomic mass is 10.8. The first kappa shape index (κ1) is 11.1. The molecule has 0 aliphatic heterocycles. The molecule has 0 saturated heterocycles. The van der Waals surface area contributed by atoms with E-state index in [2.05, 4.69) is 14.1 Å². The molecule has 0 rings (SSSR count). The molecule has 0 spiro atoms. The zero-order valence-electron chi connectivity index (χ0n) is 6.55. The Kier molecular flexibility index (Phi) is 4.50. The number of rotatable bonds is 5. The van der Waals surface area contributed by atoms with Gasteiger partial charge in [0, 0.05) is 14.2 Å². The number of carboxylic acid groups (broad SMARTS) is 1. The lowest BCUT2D eigenvalue weighted by Gasteiger charge is -2.10. The third kappa shape index (κ3) is 4.07. The maximum absolute atomic E-state index is 11.1. The topological polar surface area (TPSA) is 97.2 Å². The molecule has 0 aliphatic rings. The van der Waals surface area contributed by atoms with Crippen molar-refractivity contribution in [2.24, 2.45) is 5.10 Å². The second-order valence-corrected chi connectivity index (χ2v) is 3.48. The molecule has 0 aliphatic carbocycles. The van der Waals surface area contributed by atoms with Crippen molar-refractivity contribution < 1.29 is 23.5 Å². The van der Waals surface area contributed by atoms with Crippen LogP contribution in [0.25, 0.3) is 0 Å². The third-order valence-electron chi connectivity index (χ3n) is 0.836. The molecule has 0 aromatic rings. The summed E-state index contributed by atoms with van der Waals surface area (Å²) in [5, 5.41) is 13.1. The van der Waals surface area contributed by atoms with E-state index < -0.39 is 13.7 Å². The standard InChI is InChI=1S/C4H9N2O5P/c1-10-12(9,11-2)6-5-3-4(7)8/h3H,1-2H3,(H,6,9)(H,7,8). The van der Waals surface area contributed by atoms with Crippen LogP contribution in [-0.4, -0.2) is 31.5 Å². The largest absolute Gasteiger partial charge is 0.477 e. The summed E-state index contributed by atoms with van der Waals surface area (Å²) >= 11 is 0. The molecular formula is C4H9N2O5P. The molecule has 0 heterocycles. The average Bonchev–Trinajstić information content (AvgIpc) is 2.03. The highest BCUT2D eigenvalue weighted by Gasteiger charge is 2.19. The van der Waals surface area contributed by atoms with Crippen LogP contribution in [0, 0.1) is 0 Å². The Morgan fingerprint density at radius 1 is 1.58 bits per heavy atom. The number of hydrazone groups is 1. The van der Waals surface area contributed by atoms with Crippen LogP contribution in [0.5, 0.6) is 0 Å². The van der Waals surface area contributed by atoms with Crippen molar-refractivity contribution in [2.75, 3.05) is 14.2 Å². The fraction of sp³-hybridized carbons (Fsp3) is 0.500. The minimum absolute atomic E-state index is 0.532. The van der Waals surface area contributed by atoms with Crippen molar-refractivity contribution in [3.63, 3.8) is 0 Å². The van der Waals surface area contributed by atoms with Gasteiger partial charge in [-0.2, -0.15) is 5.10 Å². The molecule has 2 N–H and O–H groups in total. The highest BCUT2D eigenvalue weighted by atomic mass is 31.2. The second kappa shape index (κ2) is 4.87. The highest BCUT2D eigenvalue weighted by molar-refractivity contribution is 7.51. The van der Waals surface area contributed by atoms with E-state index in [4.69, 9.17) is 5.11 Å². The van der Waals surface area contributed by atoms with E-state index in [9.17, 15) is 9.36 Å². The summed E-state index contributed by atoms with van der Waals surface area (Å²) in [7, 11) is -1.16. The van der Waals surface area contributed by atoms with Crippen LogP contribution in [0.15, 0.2) is 5.10 Å². The monoisotopic (exact) mass is 196 g/mol. The lowest BCUT2D eigenvalue weighted by molar-refractivity contribution is -0.128. The maximum atomic E-state index is 11.1. The minimum Gasteiger partial charge on any atom is -0.477 e. The third-order valence-corrected chi connectivity index (χ3v) is 2.16. The van der Waals surface area contributed by atoms with Crippen LogP contribution in [0.3, 0.4) is 0 Å². The molecule has 8 heteroatoms. The maximum Gasteiger partial charge on any atom is 0.447 e. The van der Waals surface area contributed by atoms with Gasteiger partial charge in [-0.15, -0.1) is 0 Å². The SMILES string of the molecule is COP(=O)(NN=CC(=O)O)OC. The smallest absolute Gasteiger partial charge is 0.447 e. The van der Waals surface area contributed by atoms with Crippen LogP contribution >= 0.6 is 7.75 Å². The summed E-state index contributed by atoms with van der Waals surface area (Å²) in [5.74, 6) is -1.26. The summed E-state index contributed by atoms with van der Waals surface area (Å²) < 4.78 is 19.8. The zero-order valence-corrected chi connectivity index (χ0v) is 7.45. The minimum atomic E-state index is -3.45. The van der Waals surface area contributed by atoms with Gasteiger partial charge in [0.05, 0.1) is 0 Å². The number of hydrogen-bond donors (Lipinski definition) is 2. The van der Waals surface area contributed by atoms with Crippen LogP contribution in [0.2, 0.25) is 0 Å². The van der Waals surface area contributed by atoms with E-state index in [1.54, 1.807) is 0 Å². The molecule has 0 atom stereocenters. The summed E-state index contributed by atoms with van der Waals surface area (Å²) in [4.78, 5) is 9.90. The Labute approximate surface area is 69.0 Å². The Hall–Kier alpha value is -0.910. The number of carboxylic acids is 1. The average molecular weight is 196 g/mol. The molecule has 0 aromatic carbocycles. The van der Waals surface area contributed by atoms with Crippen molar-refractivity contribution in [3.05, 3.63) is 0 Å². The Balaban J connectivity index is 4.06. The fourth-order valence-electron chi connectivity index (χ4n) is 0.311. The summed E-state index contributed by atoms with van der Waals surface area (Å²) in [5.41, 5.74) is 0. The molecule has 0 unspecified atom stereocenters. The predicted molar refractivity (Wildman–Crippen MR) is 40.9 cm³/mol. The van der Waals surface area contributed by atoms with Gasteiger partial charge in [0.1, 0.15) is 6.21 Å². The van der Waals surface area contributed by atoms with Crippen LogP contribution in [0.1, 0.15) is 0 Å². The normalized spacial score (nSPS) is 11.8. The Morgan fingerprint density at radius 2 is 2.08 bits per heavy atom. The molecule has 0 saturated carbocycles. The van der Waals surface area contributed by atoms with Crippen LogP contribution in [-0.2, 0) is 18.4 Å². The van der Waals surface area contributed by atoms with Gasteiger partial charge >= 0.3 is 13.7 Å². The van der Waals surface area contributed by atoms with Crippen molar-refractivity contribution >= 4 is 19.9 Å². The molecule has 0 aromatic heterocycles. The van der Waals surface area contributed by atoms with Gasteiger partial charge in [-0.05, 0) is 0 Å². The molecule has 0 bridgehead atoms. The van der Waals surface area contributed by atoms with Crippen LogP contribution < -0.4 is 5.20 Å². The Bertz CT molecular complexity index is 219. The summed E-state index contributed by atoms with van der Waals surface area (Å²) in [6, 6.07) is 0. The number of nitrogens with zero attached hydrogens (tertiary/aromatic N) is 1. The predicted octanol–water partition coefficient (Wildman–Crippen LogP) is 0.0473. The first-order valence-corrected chi connectivity index (χ1v) is 4.33. The molecule has 7 nitrogen and oxygen atoms in total. The van der Waals surface area contributed by atoms with E-state index in [1.807, 2.05) is 5.20 Å². The second-order valence-electron chi connectivity index (χ2n) is 1.56. The van der Waals surface area contributed by atoms with Gasteiger partial charge in [-0.3, -0.25) is 9.05 Å². The number of carbonyl (C=O) groups is 1. The van der Waals surface area contributed by atoms with Crippen LogP contribution in [0.4, 0.5) is 0 Å². The summed E-state index contributed by atoms with van der Waals surface area (Å²) in [6.07, 6.45) is 0.532. The molecule has 0 amide bonds. The van der Waals surface area contributed by atoms with E-state index in [1.165, 1.54) is 0 Å². The van der Waals surface area contributed by atoms with Gasteiger partial charge in [-0.25, -0.2) is 14.6 Å². The molecular weight excluding hydrogens is 187 g/mol. The zero-order chi connectivity index (χ0) is 9.61. The van der Waals surface area contributed by atoms with Gasteiger partial charge in [0.25, 0.3) is 0 Å². The van der Waals surface area contributed by atoms with E-state index in [0.29, 0.717) is 6.21 Å². The first-order valence-electron chi connectivity index (χ1n) is 2.79. The first-order chi connectivity index (χ1) is 5.54. The fourth-order valence-corrected chi connectivity index (χ4v) is 0.823. The molecule has 70 valence electrons. The van der Waals surface area contributed by atoms with E-state index in [0.717, 1.165) is 14.2 Å². The summed E-state index contributed by atoms with van der Waals surface area (Å²) in [6.45, 7) is 0. The molecule has 0 radical (unpaired) electrons. The van der Waals surface area contributed by atoms with Gasteiger partial charge in [0.15, 0.2) is 0 Å². The van der Waals surface area contributed by atoms with Crippen molar-refractivity contribution in [1.82, 2.24) is 5.20 Å². The Morgan fingerprint density at radius 3 is 2.42 bits per heavy atom. The quantitative estimate of drug-likeness (QED) is 0.366. The molecule has 0 fully saturated rings.